The normalized spacial score (nSPS) is 11.1. The Morgan fingerprint density at radius 1 is 1.05 bits per heavy atom. The number of fused-ring (bicyclic) bond motifs is 1. The lowest BCUT2D eigenvalue weighted by molar-refractivity contribution is 0.756. The summed E-state index contributed by atoms with van der Waals surface area (Å²) >= 11 is 6.53. The summed E-state index contributed by atoms with van der Waals surface area (Å²) in [6.45, 7) is 0. The van der Waals surface area contributed by atoms with Crippen LogP contribution in [0.4, 0.5) is 0 Å². The minimum atomic E-state index is 0.696. The first-order chi connectivity index (χ1) is 10.8. The number of benzene rings is 2. The van der Waals surface area contributed by atoms with Crippen LogP contribution in [0.3, 0.4) is 0 Å². The van der Waals surface area contributed by atoms with Crippen LogP contribution in [0.2, 0.25) is 0 Å². The average Bonchev–Trinajstić information content (AvgIpc) is 3.14. The highest BCUT2D eigenvalue weighted by molar-refractivity contribution is 9.10. The number of thiazole rings is 1. The average molecular weight is 390 g/mol. The second-order valence-corrected chi connectivity index (χ2v) is 7.56. The fourth-order valence-electron chi connectivity index (χ4n) is 1.96. The summed E-state index contributed by atoms with van der Waals surface area (Å²) < 4.78 is 4.81. The lowest BCUT2D eigenvalue weighted by Gasteiger charge is -2.02. The van der Waals surface area contributed by atoms with E-state index in [1.807, 2.05) is 42.5 Å². The Morgan fingerprint density at radius 2 is 1.86 bits per heavy atom. The van der Waals surface area contributed by atoms with Crippen molar-refractivity contribution in [2.24, 2.45) is 0 Å². The van der Waals surface area contributed by atoms with Gasteiger partial charge in [-0.3, -0.25) is 0 Å². The molecule has 2 aromatic carbocycles. The van der Waals surface area contributed by atoms with Crippen LogP contribution in [0.1, 0.15) is 0 Å². The zero-order valence-corrected chi connectivity index (χ0v) is 14.3. The molecule has 5 nitrogen and oxygen atoms in total. The number of nitrogens with zero attached hydrogens (tertiary/aromatic N) is 5. The number of tetrazole rings is 1. The van der Waals surface area contributed by atoms with Crippen LogP contribution in [0, 0.1) is 0 Å². The van der Waals surface area contributed by atoms with Gasteiger partial charge in [0, 0.05) is 4.47 Å². The molecule has 0 aliphatic carbocycles. The fraction of sp³-hybridized carbons (Fsp3) is 0. The topological polar surface area (TPSA) is 56.5 Å². The molecule has 0 bridgehead atoms. The van der Waals surface area contributed by atoms with Gasteiger partial charge < -0.3 is 0 Å². The minimum absolute atomic E-state index is 0.696. The molecule has 0 radical (unpaired) electrons. The van der Waals surface area contributed by atoms with E-state index in [0.717, 1.165) is 24.7 Å². The van der Waals surface area contributed by atoms with E-state index >= 15 is 0 Å². The molecule has 0 saturated heterocycles. The molecule has 0 fully saturated rings. The fourth-order valence-corrected chi connectivity index (χ4v) is 4.19. The van der Waals surface area contributed by atoms with Gasteiger partial charge in [0.2, 0.25) is 5.16 Å². The molecule has 22 heavy (non-hydrogen) atoms. The van der Waals surface area contributed by atoms with Gasteiger partial charge in [-0.2, -0.15) is 4.68 Å². The lowest BCUT2D eigenvalue weighted by atomic mass is 10.3. The van der Waals surface area contributed by atoms with Gasteiger partial charge in [0.15, 0.2) is 4.34 Å². The molecule has 0 aliphatic heterocycles. The molecular weight excluding hydrogens is 382 g/mol. The summed E-state index contributed by atoms with van der Waals surface area (Å²) in [4.78, 5) is 4.60. The lowest BCUT2D eigenvalue weighted by Crippen LogP contribution is -1.98. The van der Waals surface area contributed by atoms with Gasteiger partial charge in [-0.25, -0.2) is 4.98 Å². The Bertz CT molecular complexity index is 899. The second-order valence-electron chi connectivity index (χ2n) is 4.40. The molecule has 0 saturated carbocycles. The highest BCUT2D eigenvalue weighted by Gasteiger charge is 2.13. The monoisotopic (exact) mass is 389 g/mol. The molecule has 2 heterocycles. The van der Waals surface area contributed by atoms with Gasteiger partial charge in [-0.1, -0.05) is 28.1 Å². The van der Waals surface area contributed by atoms with Crippen molar-refractivity contribution >= 4 is 49.2 Å². The molecule has 108 valence electrons. The van der Waals surface area contributed by atoms with Gasteiger partial charge in [0.25, 0.3) is 0 Å². The first kappa shape index (κ1) is 13.9. The van der Waals surface area contributed by atoms with Crippen molar-refractivity contribution in [2.45, 2.75) is 9.50 Å². The van der Waals surface area contributed by atoms with Crippen molar-refractivity contribution < 1.29 is 0 Å². The Labute approximate surface area is 142 Å². The van der Waals surface area contributed by atoms with Crippen molar-refractivity contribution in [2.75, 3.05) is 0 Å². The van der Waals surface area contributed by atoms with Crippen molar-refractivity contribution in [1.82, 2.24) is 25.2 Å². The zero-order chi connectivity index (χ0) is 14.9. The maximum absolute atomic E-state index is 4.60. The van der Waals surface area contributed by atoms with Crippen molar-refractivity contribution in [3.8, 4) is 5.69 Å². The van der Waals surface area contributed by atoms with E-state index in [9.17, 15) is 0 Å². The van der Waals surface area contributed by atoms with Gasteiger partial charge in [-0.15, -0.1) is 16.4 Å². The third-order valence-electron chi connectivity index (χ3n) is 2.96. The number of para-hydroxylation sites is 1. The van der Waals surface area contributed by atoms with E-state index in [0.29, 0.717) is 5.16 Å². The zero-order valence-electron chi connectivity index (χ0n) is 11.0. The number of aromatic nitrogens is 5. The van der Waals surface area contributed by atoms with Crippen LogP contribution in [0.15, 0.2) is 62.5 Å². The first-order valence-electron chi connectivity index (χ1n) is 6.37. The molecule has 4 aromatic rings. The summed E-state index contributed by atoms with van der Waals surface area (Å²) in [5.74, 6) is 0. The summed E-state index contributed by atoms with van der Waals surface area (Å²) in [7, 11) is 0. The van der Waals surface area contributed by atoms with E-state index in [1.54, 1.807) is 16.0 Å². The Hall–Kier alpha value is -1.77. The summed E-state index contributed by atoms with van der Waals surface area (Å²) in [6, 6.07) is 15.9. The molecule has 0 amide bonds. The third kappa shape index (κ3) is 2.65. The molecule has 0 unspecified atom stereocenters. The quantitative estimate of drug-likeness (QED) is 0.525. The molecule has 0 aliphatic rings. The second kappa shape index (κ2) is 5.79. The Morgan fingerprint density at radius 3 is 2.68 bits per heavy atom. The van der Waals surface area contributed by atoms with E-state index < -0.39 is 0 Å². The van der Waals surface area contributed by atoms with Crippen LogP contribution in [0.5, 0.6) is 0 Å². The highest BCUT2D eigenvalue weighted by Crippen LogP contribution is 2.33. The molecule has 4 rings (SSSR count). The maximum atomic E-state index is 4.60. The van der Waals surface area contributed by atoms with Crippen molar-refractivity contribution in [3.63, 3.8) is 0 Å². The SMILES string of the molecule is Brc1ccc(-n2nnnc2Sc2nc3ccccc3s2)cc1. The largest absolute Gasteiger partial charge is 0.229 e. The number of hydrogen-bond donors (Lipinski definition) is 0. The summed E-state index contributed by atoms with van der Waals surface area (Å²) in [5, 5.41) is 12.6. The Balaban J connectivity index is 1.69. The minimum Gasteiger partial charge on any atom is -0.229 e. The van der Waals surface area contributed by atoms with Crippen LogP contribution in [-0.2, 0) is 0 Å². The van der Waals surface area contributed by atoms with Gasteiger partial charge >= 0.3 is 0 Å². The molecule has 0 spiro atoms. The highest BCUT2D eigenvalue weighted by atomic mass is 79.9. The van der Waals surface area contributed by atoms with Crippen LogP contribution in [-0.4, -0.2) is 25.2 Å². The number of halogens is 1. The van der Waals surface area contributed by atoms with Gasteiger partial charge in [0.05, 0.1) is 15.9 Å². The van der Waals surface area contributed by atoms with E-state index in [-0.39, 0.29) is 0 Å². The smallest absolute Gasteiger partial charge is 0.221 e. The summed E-state index contributed by atoms with van der Waals surface area (Å²) in [5.41, 5.74) is 1.91. The van der Waals surface area contributed by atoms with E-state index in [2.05, 4.69) is 42.5 Å². The Kier molecular flexibility index (Phi) is 3.65. The molecule has 0 N–H and O–H groups in total. The first-order valence-corrected chi connectivity index (χ1v) is 8.80. The molecular formula is C14H8BrN5S2. The third-order valence-corrected chi connectivity index (χ3v) is 5.53. The molecule has 8 heteroatoms. The van der Waals surface area contributed by atoms with E-state index in [1.165, 1.54) is 11.8 Å². The standard InChI is InChI=1S/C14H8BrN5S2/c15-9-5-7-10(8-6-9)20-13(17-18-19-20)22-14-16-11-3-1-2-4-12(11)21-14/h1-8H. The molecule has 2 aromatic heterocycles. The predicted octanol–water partition coefficient (Wildman–Crippen LogP) is 4.19. The van der Waals surface area contributed by atoms with Crippen molar-refractivity contribution in [1.29, 1.82) is 0 Å². The number of hydrogen-bond acceptors (Lipinski definition) is 6. The van der Waals surface area contributed by atoms with Crippen LogP contribution < -0.4 is 0 Å². The predicted molar refractivity (Wildman–Crippen MR) is 90.6 cm³/mol. The van der Waals surface area contributed by atoms with Crippen molar-refractivity contribution in [3.05, 3.63) is 53.0 Å². The maximum Gasteiger partial charge on any atom is 0.221 e. The summed E-state index contributed by atoms with van der Waals surface area (Å²) in [6.07, 6.45) is 0. The van der Waals surface area contributed by atoms with Gasteiger partial charge in [-0.05, 0) is 58.6 Å². The molecule has 0 atom stereocenters. The van der Waals surface area contributed by atoms with Crippen LogP contribution >= 0.6 is 39.0 Å². The van der Waals surface area contributed by atoms with E-state index in [4.69, 9.17) is 0 Å². The van der Waals surface area contributed by atoms with Gasteiger partial charge in [0.1, 0.15) is 0 Å². The van der Waals surface area contributed by atoms with Crippen LogP contribution in [0.25, 0.3) is 15.9 Å². The number of rotatable bonds is 3.